The van der Waals surface area contributed by atoms with Crippen LogP contribution in [0.3, 0.4) is 0 Å². The third-order valence-corrected chi connectivity index (χ3v) is 10.9. The summed E-state index contributed by atoms with van der Waals surface area (Å²) in [6.45, 7) is 9.49. The molecule has 2 amide bonds. The first-order valence-corrected chi connectivity index (χ1v) is 20.1. The second-order valence-corrected chi connectivity index (χ2v) is 18.1. The first-order chi connectivity index (χ1) is 25.9. The molecule has 0 saturated heterocycles. The molecule has 0 heterocycles. The zero-order chi connectivity index (χ0) is 40.7. The Morgan fingerprint density at radius 3 is 1.87 bits per heavy atom. The van der Waals surface area contributed by atoms with Crippen molar-refractivity contribution in [3.63, 3.8) is 0 Å². The summed E-state index contributed by atoms with van der Waals surface area (Å²) in [5, 5.41) is 42.5. The van der Waals surface area contributed by atoms with Crippen LogP contribution in [0.2, 0.25) is 4.71 Å². The Morgan fingerprint density at radius 1 is 0.782 bits per heavy atom. The number of anilines is 2. The number of amides is 2. The van der Waals surface area contributed by atoms with E-state index in [4.69, 9.17) is 0 Å². The fourth-order valence-corrected chi connectivity index (χ4v) is 8.75. The van der Waals surface area contributed by atoms with E-state index in [1.807, 2.05) is 40.7 Å². The second kappa shape index (κ2) is 20.8. The molecule has 3 aromatic carbocycles. The zero-order valence-electron chi connectivity index (χ0n) is 31.6. The van der Waals surface area contributed by atoms with E-state index in [-0.39, 0.29) is 53.8 Å². The van der Waals surface area contributed by atoms with Gasteiger partial charge in [-0.05, 0) is 29.8 Å². The monoisotopic (exact) mass is 819 g/mol. The molecule has 0 aliphatic heterocycles. The van der Waals surface area contributed by atoms with Crippen molar-refractivity contribution < 1.29 is 39.1 Å². The molecule has 0 fully saturated rings. The predicted octanol–water partition coefficient (Wildman–Crippen LogP) is 4.99. The number of nitrogens with zero attached hydrogens (tertiary/aromatic N) is 1. The Balaban J connectivity index is 1.68. The molecule has 55 heavy (non-hydrogen) atoms. The van der Waals surface area contributed by atoms with Crippen LogP contribution in [0.1, 0.15) is 64.2 Å². The summed E-state index contributed by atoms with van der Waals surface area (Å²) < 4.78 is -0.930. The first kappa shape index (κ1) is 43.9. The molecule has 6 N–H and O–H groups in total. The van der Waals surface area contributed by atoms with Crippen molar-refractivity contribution in [1.29, 1.82) is 0 Å². The second-order valence-electron chi connectivity index (χ2n) is 14.8. The molecule has 15 heteroatoms. The Morgan fingerprint density at radius 2 is 1.35 bits per heavy atom. The van der Waals surface area contributed by atoms with Crippen LogP contribution in [0.4, 0.5) is 11.4 Å². The number of nitrogens with one attached hydrogen (secondary N) is 4. The molecule has 4 atom stereocenters. The van der Waals surface area contributed by atoms with Crippen molar-refractivity contribution in [2.75, 3.05) is 10.6 Å². The van der Waals surface area contributed by atoms with Gasteiger partial charge in [0.15, 0.2) is 5.82 Å². The number of benzene rings is 3. The van der Waals surface area contributed by atoms with Gasteiger partial charge in [0, 0.05) is 11.4 Å². The van der Waals surface area contributed by atoms with E-state index in [0.717, 1.165) is 6.20 Å². The summed E-state index contributed by atoms with van der Waals surface area (Å²) >= 11 is -1.52. The van der Waals surface area contributed by atoms with Crippen molar-refractivity contribution in [2.45, 2.75) is 83.5 Å². The van der Waals surface area contributed by atoms with Crippen LogP contribution < -0.4 is 21.3 Å². The van der Waals surface area contributed by atoms with Gasteiger partial charge in [-0.25, -0.2) is 0 Å². The molecular formula is C40H50AsN5O9. The molecule has 0 spiro atoms. The van der Waals surface area contributed by atoms with E-state index in [0.29, 0.717) is 28.1 Å². The molecular weight excluding hydrogens is 769 g/mol. The molecule has 294 valence electrons. The minimum absolute atomic E-state index is 0.0333. The maximum atomic E-state index is 13.5. The summed E-state index contributed by atoms with van der Waals surface area (Å²) in [7, 11) is 0. The molecule has 0 bridgehead atoms. The number of aliphatic carboxylic acids is 2. The van der Waals surface area contributed by atoms with E-state index in [1.54, 1.807) is 72.8 Å². The third kappa shape index (κ3) is 16.2. The van der Waals surface area contributed by atoms with Crippen LogP contribution in [0.15, 0.2) is 90.9 Å². The number of hydrogen-bond donors (Lipinski definition) is 6. The molecule has 0 aliphatic carbocycles. The van der Waals surface area contributed by atoms with E-state index in [2.05, 4.69) is 21.3 Å². The molecule has 4 unspecified atom stereocenters. The number of carbonyl (C=O) groups is 5. The quantitative estimate of drug-likeness (QED) is 0.0478. The first-order valence-electron chi connectivity index (χ1n) is 17.8. The van der Waals surface area contributed by atoms with Gasteiger partial charge < -0.3 is 10.6 Å². The topological polar surface area (TPSA) is 217 Å². The molecule has 3 aromatic rings. The summed E-state index contributed by atoms with van der Waals surface area (Å²) in [6, 6.07) is 19.9. The Labute approximate surface area is 327 Å². The summed E-state index contributed by atoms with van der Waals surface area (Å²) in [5.41, 5.74) is 2.63. The van der Waals surface area contributed by atoms with Crippen molar-refractivity contribution in [3.8, 4) is 0 Å². The standard InChI is InChI=1S/C40H50AsN5O9/c1-25(2)19-32(44-36(48)20-26-15-17-30(18-16-26)43-35(24-46(54)55)42-29-13-7-6-8-14-29)37(49)45-33(39(52)53)22-28-12-10-9-11-27(28)21-31(38(50)51)41-34(47)23-40(3,4)5/h6-18,24-25,31-33,41-43H,19-23H2,1-5H3,(H,44,48)(H,45,49)(H,50,51)(H,52,53)/b35-24+. The normalized spacial score (nSPS) is 13.5. The molecule has 3 rings (SSSR count). The Kier molecular flexibility index (Phi) is 16.6. The van der Waals surface area contributed by atoms with Crippen LogP contribution in [0.5, 0.6) is 0 Å². The van der Waals surface area contributed by atoms with Gasteiger partial charge in [0.1, 0.15) is 0 Å². The number of hydrogen-bond acceptors (Lipinski definition) is 9. The maximum absolute atomic E-state index is 13.5. The van der Waals surface area contributed by atoms with Crippen LogP contribution in [-0.2, 0) is 43.2 Å². The van der Waals surface area contributed by atoms with Crippen LogP contribution in [0, 0.1) is 21.4 Å². The van der Waals surface area contributed by atoms with Gasteiger partial charge in [0.2, 0.25) is 0 Å². The van der Waals surface area contributed by atoms with E-state index >= 15 is 0 Å². The SMILES string of the molecule is CC(C)CC(NC(=O)Cc1ccc(N/C(=C/[N+](=O)[O-])Nc2ccccc2)cc1)C(=O)NC(Cc1ccccc1CC([AsH]C(=O)CC(C)(C)C)C(=O)O)C(=O)O. The Hall–Kier alpha value is -5.49. The predicted molar refractivity (Wildman–Crippen MR) is 211 cm³/mol. The summed E-state index contributed by atoms with van der Waals surface area (Å²) in [6.07, 6.45) is 1.15. The summed E-state index contributed by atoms with van der Waals surface area (Å²) in [5.74, 6) is -3.43. The fraction of sp³-hybridized carbons (Fsp3) is 0.375. The van der Waals surface area contributed by atoms with E-state index in [9.17, 15) is 44.3 Å². The van der Waals surface area contributed by atoms with Crippen molar-refractivity contribution in [3.05, 3.63) is 118 Å². The fourth-order valence-electron chi connectivity index (χ4n) is 5.67. The average Bonchev–Trinajstić information content (AvgIpc) is 3.08. The van der Waals surface area contributed by atoms with Gasteiger partial charge in [-0.1, -0.05) is 30.3 Å². The number of nitro groups is 1. The number of para-hydroxylation sites is 1. The van der Waals surface area contributed by atoms with E-state index < -0.39 is 61.2 Å². The van der Waals surface area contributed by atoms with Gasteiger partial charge in [0.25, 0.3) is 6.20 Å². The van der Waals surface area contributed by atoms with Crippen LogP contribution in [-0.4, -0.2) is 71.3 Å². The van der Waals surface area contributed by atoms with Gasteiger partial charge in [-0.2, -0.15) is 0 Å². The zero-order valence-corrected chi connectivity index (χ0v) is 33.7. The average molecular weight is 820 g/mol. The molecule has 0 radical (unpaired) electrons. The minimum atomic E-state index is -1.52. The number of carboxylic acid groups (broad SMARTS) is 2. The van der Waals surface area contributed by atoms with Gasteiger partial charge in [0.05, 0.1) is 4.92 Å². The van der Waals surface area contributed by atoms with Gasteiger partial charge >= 0.3 is 219 Å². The van der Waals surface area contributed by atoms with Crippen LogP contribution in [0.25, 0.3) is 0 Å². The molecule has 0 saturated carbocycles. The van der Waals surface area contributed by atoms with Crippen molar-refractivity contribution >= 4 is 55.5 Å². The van der Waals surface area contributed by atoms with Crippen molar-refractivity contribution in [1.82, 2.24) is 10.6 Å². The van der Waals surface area contributed by atoms with E-state index in [1.165, 1.54) is 0 Å². The number of rotatable bonds is 21. The summed E-state index contributed by atoms with van der Waals surface area (Å²) in [4.78, 5) is 74.6. The molecule has 0 aromatic heterocycles. The van der Waals surface area contributed by atoms with Crippen LogP contribution >= 0.6 is 0 Å². The Bertz CT molecular complexity index is 1840. The number of carbonyl (C=O) groups excluding carboxylic acids is 3. The van der Waals surface area contributed by atoms with Gasteiger partial charge in [-0.15, -0.1) is 0 Å². The number of carboxylic acids is 2. The molecule has 14 nitrogen and oxygen atoms in total. The molecule has 0 aliphatic rings. The van der Waals surface area contributed by atoms with Crippen molar-refractivity contribution in [2.24, 2.45) is 11.3 Å². The van der Waals surface area contributed by atoms with Gasteiger partial charge in [-0.3, -0.25) is 10.1 Å². The third-order valence-electron chi connectivity index (χ3n) is 8.15.